The zero-order valence-corrected chi connectivity index (χ0v) is 13.4. The Morgan fingerprint density at radius 3 is 2.59 bits per heavy atom. The molecule has 3 heteroatoms. The molecule has 0 bridgehead atoms. The molecule has 3 nitrogen and oxygen atoms in total. The van der Waals surface area contributed by atoms with Gasteiger partial charge in [0.25, 0.3) is 5.91 Å². The highest BCUT2D eigenvalue weighted by Gasteiger charge is 2.36. The molecule has 2 heterocycles. The van der Waals surface area contributed by atoms with Gasteiger partial charge < -0.3 is 10.2 Å². The van der Waals surface area contributed by atoms with E-state index in [-0.39, 0.29) is 5.91 Å². The minimum absolute atomic E-state index is 0.236. The number of rotatable bonds is 1. The van der Waals surface area contributed by atoms with Gasteiger partial charge in [0.15, 0.2) is 0 Å². The van der Waals surface area contributed by atoms with Gasteiger partial charge in [-0.2, -0.15) is 0 Å². The van der Waals surface area contributed by atoms with Crippen molar-refractivity contribution in [2.24, 2.45) is 5.41 Å². The highest BCUT2D eigenvalue weighted by atomic mass is 16.2. The number of hydrogen-bond donors (Lipinski definition) is 1. The van der Waals surface area contributed by atoms with Gasteiger partial charge in [0.1, 0.15) is 0 Å². The number of carbonyl (C=O) groups excluding carboxylic acids is 1. The highest BCUT2D eigenvalue weighted by Crippen LogP contribution is 2.44. The molecule has 0 atom stereocenters. The first kappa shape index (κ1) is 14.1. The van der Waals surface area contributed by atoms with Crippen LogP contribution in [0.4, 0.5) is 5.69 Å². The van der Waals surface area contributed by atoms with E-state index in [1.807, 2.05) is 6.07 Å². The number of carbonyl (C=O) groups is 1. The van der Waals surface area contributed by atoms with Crippen molar-refractivity contribution in [3.63, 3.8) is 0 Å². The van der Waals surface area contributed by atoms with Crippen molar-refractivity contribution in [3.8, 4) is 0 Å². The minimum Gasteiger partial charge on any atom is -0.384 e. The van der Waals surface area contributed by atoms with Crippen molar-refractivity contribution in [2.45, 2.75) is 51.4 Å². The Morgan fingerprint density at radius 1 is 1.05 bits per heavy atom. The first-order valence-electron chi connectivity index (χ1n) is 8.92. The summed E-state index contributed by atoms with van der Waals surface area (Å²) in [6, 6.07) is 6.16. The summed E-state index contributed by atoms with van der Waals surface area (Å²) < 4.78 is 0. The van der Waals surface area contributed by atoms with E-state index in [0.29, 0.717) is 5.41 Å². The summed E-state index contributed by atoms with van der Waals surface area (Å²) in [5.74, 6) is 0.236. The molecule has 1 saturated carbocycles. The zero-order valence-electron chi connectivity index (χ0n) is 13.4. The maximum Gasteiger partial charge on any atom is 0.253 e. The van der Waals surface area contributed by atoms with E-state index in [1.54, 1.807) is 0 Å². The van der Waals surface area contributed by atoms with Crippen LogP contribution < -0.4 is 5.32 Å². The van der Waals surface area contributed by atoms with Gasteiger partial charge >= 0.3 is 0 Å². The Labute approximate surface area is 133 Å². The highest BCUT2D eigenvalue weighted by molar-refractivity contribution is 5.95. The first-order chi connectivity index (χ1) is 10.8. The fourth-order valence-electron chi connectivity index (χ4n) is 4.61. The fourth-order valence-corrected chi connectivity index (χ4v) is 4.61. The van der Waals surface area contributed by atoms with Crippen molar-refractivity contribution < 1.29 is 4.79 Å². The first-order valence-corrected chi connectivity index (χ1v) is 8.92. The van der Waals surface area contributed by atoms with Crippen LogP contribution in [0.3, 0.4) is 0 Å². The molecule has 118 valence electrons. The molecule has 3 aliphatic rings. The molecule has 4 rings (SSSR count). The van der Waals surface area contributed by atoms with Gasteiger partial charge in [0.05, 0.1) is 0 Å². The monoisotopic (exact) mass is 298 g/mol. The summed E-state index contributed by atoms with van der Waals surface area (Å²) in [5.41, 5.74) is 3.95. The van der Waals surface area contributed by atoms with Crippen LogP contribution in [0.5, 0.6) is 0 Å². The quantitative estimate of drug-likeness (QED) is 0.854. The van der Waals surface area contributed by atoms with E-state index in [4.69, 9.17) is 0 Å². The summed E-state index contributed by atoms with van der Waals surface area (Å²) in [6.45, 7) is 2.90. The molecule has 0 unspecified atom stereocenters. The molecular weight excluding hydrogens is 272 g/mol. The maximum absolute atomic E-state index is 12.8. The Balaban J connectivity index is 1.43. The van der Waals surface area contributed by atoms with Crippen LogP contribution in [0.1, 0.15) is 60.9 Å². The largest absolute Gasteiger partial charge is 0.384 e. The third-order valence-electron chi connectivity index (χ3n) is 6.09. The number of piperidine rings is 1. The predicted octanol–water partition coefficient (Wildman–Crippen LogP) is 3.84. The van der Waals surface area contributed by atoms with E-state index in [0.717, 1.165) is 31.6 Å². The molecular formula is C19H26N2O. The molecule has 2 fully saturated rings. The van der Waals surface area contributed by atoms with Crippen LogP contribution >= 0.6 is 0 Å². The molecule has 2 aliphatic heterocycles. The Kier molecular flexibility index (Phi) is 3.59. The lowest BCUT2D eigenvalue weighted by atomic mass is 9.68. The van der Waals surface area contributed by atoms with Crippen LogP contribution in [-0.4, -0.2) is 30.4 Å². The van der Waals surface area contributed by atoms with Crippen molar-refractivity contribution in [1.82, 2.24) is 4.90 Å². The van der Waals surface area contributed by atoms with Crippen molar-refractivity contribution in [1.29, 1.82) is 0 Å². The number of anilines is 1. The average molecular weight is 298 g/mol. The van der Waals surface area contributed by atoms with Crippen LogP contribution in [0.2, 0.25) is 0 Å². The Bertz CT molecular complexity index is 565. The second kappa shape index (κ2) is 5.60. The van der Waals surface area contributed by atoms with E-state index in [2.05, 4.69) is 22.3 Å². The third-order valence-corrected chi connectivity index (χ3v) is 6.09. The second-order valence-electron chi connectivity index (χ2n) is 7.40. The summed E-state index contributed by atoms with van der Waals surface area (Å²) in [7, 11) is 0. The molecule has 1 aliphatic carbocycles. The number of likely N-dealkylation sites (tertiary alicyclic amines) is 1. The summed E-state index contributed by atoms with van der Waals surface area (Å²) in [4.78, 5) is 14.9. The van der Waals surface area contributed by atoms with Crippen molar-refractivity contribution in [3.05, 3.63) is 29.3 Å². The average Bonchev–Trinajstić information content (AvgIpc) is 3.03. The van der Waals surface area contributed by atoms with Crippen LogP contribution in [-0.2, 0) is 6.42 Å². The summed E-state index contributed by atoms with van der Waals surface area (Å²) in [6.07, 6.45) is 10.4. The smallest absolute Gasteiger partial charge is 0.253 e. The number of benzene rings is 1. The van der Waals surface area contributed by atoms with E-state index >= 15 is 0 Å². The molecule has 1 aromatic rings. The SMILES string of the molecule is O=C(c1ccc2c(c1)CCN2)N1CCC2(CCCCC2)CC1. The number of nitrogens with one attached hydrogen (secondary N) is 1. The minimum atomic E-state index is 0.236. The molecule has 0 radical (unpaired) electrons. The number of hydrogen-bond acceptors (Lipinski definition) is 2. The standard InChI is InChI=1S/C19H26N2O/c22-18(16-4-5-17-15(14-16)6-11-20-17)21-12-9-19(10-13-21)7-2-1-3-8-19/h4-5,14,20H,1-3,6-13H2. The molecule has 1 aromatic carbocycles. The second-order valence-corrected chi connectivity index (χ2v) is 7.40. The molecule has 1 saturated heterocycles. The van der Waals surface area contributed by atoms with Crippen molar-refractivity contribution in [2.75, 3.05) is 25.0 Å². The van der Waals surface area contributed by atoms with Crippen LogP contribution in [0.25, 0.3) is 0 Å². The fraction of sp³-hybridized carbons (Fsp3) is 0.632. The lowest BCUT2D eigenvalue weighted by molar-refractivity contribution is 0.0472. The lowest BCUT2D eigenvalue weighted by Gasteiger charge is -2.44. The van der Waals surface area contributed by atoms with Gasteiger partial charge in [-0.25, -0.2) is 0 Å². The van der Waals surface area contributed by atoms with Gasteiger partial charge in [0.2, 0.25) is 0 Å². The maximum atomic E-state index is 12.8. The predicted molar refractivity (Wildman–Crippen MR) is 89.3 cm³/mol. The van der Waals surface area contributed by atoms with Gasteiger partial charge in [-0.3, -0.25) is 4.79 Å². The molecule has 22 heavy (non-hydrogen) atoms. The Morgan fingerprint density at radius 2 is 1.82 bits per heavy atom. The molecule has 1 spiro atoms. The Hall–Kier alpha value is -1.51. The number of nitrogens with zero attached hydrogens (tertiary/aromatic N) is 1. The van der Waals surface area contributed by atoms with E-state index in [1.165, 1.54) is 56.2 Å². The van der Waals surface area contributed by atoms with Crippen LogP contribution in [0.15, 0.2) is 18.2 Å². The van der Waals surface area contributed by atoms with Gasteiger partial charge in [0, 0.05) is 30.9 Å². The van der Waals surface area contributed by atoms with Gasteiger partial charge in [-0.05, 0) is 61.3 Å². The van der Waals surface area contributed by atoms with E-state index < -0.39 is 0 Å². The molecule has 1 amide bonds. The third kappa shape index (κ3) is 2.51. The van der Waals surface area contributed by atoms with Crippen LogP contribution in [0, 0.1) is 5.41 Å². The zero-order chi connectivity index (χ0) is 15.0. The summed E-state index contributed by atoms with van der Waals surface area (Å²) in [5, 5.41) is 3.36. The molecule has 0 aromatic heterocycles. The number of fused-ring (bicyclic) bond motifs is 1. The lowest BCUT2D eigenvalue weighted by Crippen LogP contribution is -2.43. The number of amides is 1. The normalized spacial score (nSPS) is 23.2. The molecule has 1 N–H and O–H groups in total. The topological polar surface area (TPSA) is 32.3 Å². The van der Waals surface area contributed by atoms with Gasteiger partial charge in [-0.1, -0.05) is 19.3 Å². The van der Waals surface area contributed by atoms with E-state index in [9.17, 15) is 4.79 Å². The van der Waals surface area contributed by atoms with Crippen molar-refractivity contribution >= 4 is 11.6 Å². The summed E-state index contributed by atoms with van der Waals surface area (Å²) >= 11 is 0. The van der Waals surface area contributed by atoms with Gasteiger partial charge in [-0.15, -0.1) is 0 Å².